The van der Waals surface area contributed by atoms with E-state index in [0.29, 0.717) is 12.1 Å². The molecular weight excluding hydrogens is 308 g/mol. The van der Waals surface area contributed by atoms with Gasteiger partial charge in [0.1, 0.15) is 0 Å². The van der Waals surface area contributed by atoms with Crippen LogP contribution in [-0.4, -0.2) is 53.3 Å². The molecule has 0 radical (unpaired) electrons. The summed E-state index contributed by atoms with van der Waals surface area (Å²) in [6.45, 7) is 4.90. The molecule has 2 aromatic rings. The summed E-state index contributed by atoms with van der Waals surface area (Å²) in [4.78, 5) is 13.7. The van der Waals surface area contributed by atoms with Crippen LogP contribution in [0.1, 0.15) is 18.4 Å². The van der Waals surface area contributed by atoms with E-state index in [2.05, 4.69) is 31.2 Å². The van der Waals surface area contributed by atoms with Crippen molar-refractivity contribution in [2.24, 2.45) is 0 Å². The van der Waals surface area contributed by atoms with Crippen LogP contribution in [0.25, 0.3) is 0 Å². The molecule has 6 heteroatoms. The molecule has 0 amide bonds. The van der Waals surface area contributed by atoms with E-state index < -0.39 is 0 Å². The van der Waals surface area contributed by atoms with Crippen LogP contribution >= 0.6 is 11.3 Å². The van der Waals surface area contributed by atoms with E-state index in [1.165, 1.54) is 5.56 Å². The van der Waals surface area contributed by atoms with E-state index in [-0.39, 0.29) is 0 Å². The fourth-order valence-corrected chi connectivity index (χ4v) is 4.34. The Morgan fingerprint density at radius 2 is 2.17 bits per heavy atom. The van der Waals surface area contributed by atoms with Crippen LogP contribution in [0.3, 0.4) is 0 Å². The van der Waals surface area contributed by atoms with Crippen molar-refractivity contribution >= 4 is 16.5 Å². The maximum absolute atomic E-state index is 6.09. The number of rotatable bonds is 3. The van der Waals surface area contributed by atoms with Crippen LogP contribution in [-0.2, 0) is 11.3 Å². The average Bonchev–Trinajstić information content (AvgIpc) is 3.03. The lowest BCUT2D eigenvalue weighted by atomic mass is 10.0. The van der Waals surface area contributed by atoms with Crippen molar-refractivity contribution in [3.8, 4) is 0 Å². The van der Waals surface area contributed by atoms with Crippen LogP contribution in [0.5, 0.6) is 0 Å². The molecule has 2 atom stereocenters. The van der Waals surface area contributed by atoms with Gasteiger partial charge in [0.15, 0.2) is 5.13 Å². The zero-order valence-electron chi connectivity index (χ0n) is 13.2. The van der Waals surface area contributed by atoms with Gasteiger partial charge in [0, 0.05) is 56.2 Å². The maximum atomic E-state index is 6.09. The summed E-state index contributed by atoms with van der Waals surface area (Å²) in [5.41, 5.74) is 1.29. The van der Waals surface area contributed by atoms with Gasteiger partial charge in [0.05, 0.1) is 12.7 Å². The number of pyridine rings is 1. The molecule has 5 nitrogen and oxygen atoms in total. The molecule has 4 rings (SSSR count). The lowest BCUT2D eigenvalue weighted by Gasteiger charge is -2.40. The van der Waals surface area contributed by atoms with Crippen molar-refractivity contribution in [1.29, 1.82) is 0 Å². The van der Waals surface area contributed by atoms with Crippen LogP contribution < -0.4 is 4.90 Å². The fourth-order valence-electron chi connectivity index (χ4n) is 3.65. The molecule has 23 heavy (non-hydrogen) atoms. The van der Waals surface area contributed by atoms with Gasteiger partial charge in [-0.3, -0.25) is 9.88 Å². The van der Waals surface area contributed by atoms with Gasteiger partial charge in [0.25, 0.3) is 0 Å². The molecule has 2 aliphatic rings. The quantitative estimate of drug-likeness (QED) is 0.864. The highest BCUT2D eigenvalue weighted by Gasteiger charge is 2.35. The molecule has 0 N–H and O–H groups in total. The third-order valence-corrected chi connectivity index (χ3v) is 5.62. The van der Waals surface area contributed by atoms with E-state index in [1.54, 1.807) is 11.3 Å². The minimum Gasteiger partial charge on any atom is -0.375 e. The Morgan fingerprint density at radius 3 is 3.00 bits per heavy atom. The lowest BCUT2D eigenvalue weighted by Crippen LogP contribution is -2.50. The predicted molar refractivity (Wildman–Crippen MR) is 91.7 cm³/mol. The van der Waals surface area contributed by atoms with Crippen molar-refractivity contribution in [3.63, 3.8) is 0 Å². The van der Waals surface area contributed by atoms with Gasteiger partial charge >= 0.3 is 0 Å². The molecule has 4 heterocycles. The maximum Gasteiger partial charge on any atom is 0.185 e. The topological polar surface area (TPSA) is 41.5 Å². The van der Waals surface area contributed by atoms with Crippen molar-refractivity contribution in [1.82, 2.24) is 14.9 Å². The first kappa shape index (κ1) is 15.1. The van der Waals surface area contributed by atoms with Gasteiger partial charge in [-0.05, 0) is 24.5 Å². The molecule has 2 unspecified atom stereocenters. The van der Waals surface area contributed by atoms with Gasteiger partial charge in [-0.1, -0.05) is 6.07 Å². The van der Waals surface area contributed by atoms with E-state index in [4.69, 9.17) is 4.74 Å². The largest absolute Gasteiger partial charge is 0.375 e. The van der Waals surface area contributed by atoms with E-state index >= 15 is 0 Å². The molecule has 0 aliphatic carbocycles. The van der Waals surface area contributed by atoms with Crippen LogP contribution in [0, 0.1) is 0 Å². The van der Waals surface area contributed by atoms with E-state index in [1.807, 2.05) is 24.7 Å². The second kappa shape index (κ2) is 6.95. The smallest absolute Gasteiger partial charge is 0.185 e. The highest BCUT2D eigenvalue weighted by Crippen LogP contribution is 2.28. The van der Waals surface area contributed by atoms with Crippen molar-refractivity contribution in [3.05, 3.63) is 41.7 Å². The van der Waals surface area contributed by atoms with Gasteiger partial charge in [0.2, 0.25) is 0 Å². The summed E-state index contributed by atoms with van der Waals surface area (Å²) in [6, 6.07) is 4.68. The second-order valence-corrected chi connectivity index (χ2v) is 7.06. The summed E-state index contributed by atoms with van der Waals surface area (Å²) in [5.74, 6) is 0. The van der Waals surface area contributed by atoms with Crippen molar-refractivity contribution in [2.75, 3.05) is 31.1 Å². The molecule has 2 fully saturated rings. The minimum absolute atomic E-state index is 0.338. The Bertz CT molecular complexity index is 606. The number of aromatic nitrogens is 2. The molecule has 0 bridgehead atoms. The first-order chi connectivity index (χ1) is 11.4. The van der Waals surface area contributed by atoms with Crippen LogP contribution in [0.15, 0.2) is 36.1 Å². The number of thiazole rings is 1. The van der Waals surface area contributed by atoms with E-state index in [0.717, 1.165) is 50.8 Å². The van der Waals surface area contributed by atoms with Crippen molar-refractivity contribution in [2.45, 2.75) is 31.5 Å². The van der Waals surface area contributed by atoms with Crippen LogP contribution in [0.4, 0.5) is 5.13 Å². The zero-order chi connectivity index (χ0) is 15.5. The standard InChI is InChI=1S/C17H22N4OS/c1-2-14(12-18-5-1)13-21-9-10-22-16-4-8-20(7-3-15(16)21)17-19-6-11-23-17/h1-2,5-6,11-12,15-16H,3-4,7-10,13H2. The molecule has 2 aliphatic heterocycles. The molecule has 2 aromatic heterocycles. The molecule has 0 saturated carbocycles. The highest BCUT2D eigenvalue weighted by atomic mass is 32.1. The summed E-state index contributed by atoms with van der Waals surface area (Å²) >= 11 is 1.73. The predicted octanol–water partition coefficient (Wildman–Crippen LogP) is 2.41. The normalized spacial score (nSPS) is 25.8. The summed E-state index contributed by atoms with van der Waals surface area (Å²) in [6.07, 6.45) is 8.25. The SMILES string of the molecule is c1cncc(CN2CCOC3CCN(c4nccs4)CCC32)c1. The first-order valence-electron chi connectivity index (χ1n) is 8.29. The highest BCUT2D eigenvalue weighted by molar-refractivity contribution is 7.13. The first-order valence-corrected chi connectivity index (χ1v) is 9.17. The number of hydrogen-bond donors (Lipinski definition) is 0. The third-order valence-electron chi connectivity index (χ3n) is 4.79. The summed E-state index contributed by atoms with van der Waals surface area (Å²) < 4.78 is 6.09. The Labute approximate surface area is 140 Å². The molecule has 122 valence electrons. The van der Waals surface area contributed by atoms with Gasteiger partial charge < -0.3 is 9.64 Å². The molecular formula is C17H22N4OS. The Balaban J connectivity index is 1.46. The second-order valence-electron chi connectivity index (χ2n) is 6.19. The number of nitrogens with zero attached hydrogens (tertiary/aromatic N) is 4. The average molecular weight is 330 g/mol. The minimum atomic E-state index is 0.338. The Morgan fingerprint density at radius 1 is 1.22 bits per heavy atom. The summed E-state index contributed by atoms with van der Waals surface area (Å²) in [5, 5.41) is 3.20. The van der Waals surface area contributed by atoms with Gasteiger partial charge in [-0.25, -0.2) is 4.98 Å². The third kappa shape index (κ3) is 3.39. The fraction of sp³-hybridized carbons (Fsp3) is 0.529. The number of fused-ring (bicyclic) bond motifs is 1. The molecule has 0 aromatic carbocycles. The molecule has 0 spiro atoms. The monoisotopic (exact) mass is 330 g/mol. The Kier molecular flexibility index (Phi) is 4.55. The van der Waals surface area contributed by atoms with Crippen molar-refractivity contribution < 1.29 is 4.74 Å². The Hall–Kier alpha value is -1.50. The number of anilines is 1. The van der Waals surface area contributed by atoms with Crippen LogP contribution in [0.2, 0.25) is 0 Å². The van der Waals surface area contributed by atoms with Gasteiger partial charge in [-0.15, -0.1) is 11.3 Å². The summed E-state index contributed by atoms with van der Waals surface area (Å²) in [7, 11) is 0. The number of ether oxygens (including phenoxy) is 1. The zero-order valence-corrected chi connectivity index (χ0v) is 14.0. The van der Waals surface area contributed by atoms with Gasteiger partial charge in [-0.2, -0.15) is 0 Å². The number of hydrogen-bond acceptors (Lipinski definition) is 6. The molecule has 2 saturated heterocycles. The van der Waals surface area contributed by atoms with E-state index in [9.17, 15) is 0 Å². The number of morpholine rings is 1. The lowest BCUT2D eigenvalue weighted by molar-refractivity contribution is -0.0746.